The Morgan fingerprint density at radius 1 is 0.703 bits per heavy atom. The predicted octanol–water partition coefficient (Wildman–Crippen LogP) is 5.67. The van der Waals surface area contributed by atoms with Gasteiger partial charge in [0.1, 0.15) is 0 Å². The molecular formula is C30H36N4O3. The summed E-state index contributed by atoms with van der Waals surface area (Å²) in [4.78, 5) is 42.2. The van der Waals surface area contributed by atoms with Crippen LogP contribution in [0.2, 0.25) is 0 Å². The zero-order valence-corrected chi connectivity index (χ0v) is 21.9. The SMILES string of the molecule is CCCN(CCC)C(=O)c1cccc(NC(=O)CNc2cccc(C(=O)N(CC)c3ccccc3)c2)c1. The van der Waals surface area contributed by atoms with Crippen LogP contribution in [0, 0.1) is 0 Å². The molecule has 0 aliphatic rings. The summed E-state index contributed by atoms with van der Waals surface area (Å²) >= 11 is 0. The van der Waals surface area contributed by atoms with E-state index < -0.39 is 0 Å². The van der Waals surface area contributed by atoms with Crippen LogP contribution in [-0.4, -0.2) is 48.8 Å². The minimum Gasteiger partial charge on any atom is -0.376 e. The first kappa shape index (κ1) is 27.5. The van der Waals surface area contributed by atoms with E-state index in [1.807, 2.05) is 62.1 Å². The first-order chi connectivity index (χ1) is 18.0. The van der Waals surface area contributed by atoms with Crippen LogP contribution in [0.4, 0.5) is 17.1 Å². The Morgan fingerprint density at radius 2 is 1.30 bits per heavy atom. The van der Waals surface area contributed by atoms with Crippen LogP contribution < -0.4 is 15.5 Å². The molecule has 0 fully saturated rings. The normalized spacial score (nSPS) is 10.5. The lowest BCUT2D eigenvalue weighted by molar-refractivity contribution is -0.114. The topological polar surface area (TPSA) is 81.8 Å². The zero-order chi connectivity index (χ0) is 26.6. The summed E-state index contributed by atoms with van der Waals surface area (Å²) in [6.45, 7) is 8.00. The average molecular weight is 501 g/mol. The van der Waals surface area contributed by atoms with E-state index in [-0.39, 0.29) is 24.3 Å². The molecule has 0 saturated carbocycles. The van der Waals surface area contributed by atoms with E-state index in [0.717, 1.165) is 18.5 Å². The molecule has 0 saturated heterocycles. The summed E-state index contributed by atoms with van der Waals surface area (Å²) in [5.74, 6) is -0.390. The highest BCUT2D eigenvalue weighted by Crippen LogP contribution is 2.19. The van der Waals surface area contributed by atoms with E-state index in [0.29, 0.717) is 42.1 Å². The van der Waals surface area contributed by atoms with Gasteiger partial charge in [0.15, 0.2) is 0 Å². The lowest BCUT2D eigenvalue weighted by atomic mass is 10.1. The number of carbonyl (C=O) groups is 3. The Labute approximate surface area is 219 Å². The van der Waals surface area contributed by atoms with Crippen molar-refractivity contribution < 1.29 is 14.4 Å². The highest BCUT2D eigenvalue weighted by atomic mass is 16.2. The number of hydrogen-bond donors (Lipinski definition) is 2. The molecule has 0 heterocycles. The van der Waals surface area contributed by atoms with Crippen molar-refractivity contribution in [1.29, 1.82) is 0 Å². The van der Waals surface area contributed by atoms with Gasteiger partial charge in [-0.1, -0.05) is 44.2 Å². The minimum atomic E-state index is -0.250. The van der Waals surface area contributed by atoms with Crippen LogP contribution in [-0.2, 0) is 4.79 Å². The number of nitrogens with zero attached hydrogens (tertiary/aromatic N) is 2. The van der Waals surface area contributed by atoms with Gasteiger partial charge in [-0.15, -0.1) is 0 Å². The minimum absolute atomic E-state index is 0.0176. The molecule has 37 heavy (non-hydrogen) atoms. The zero-order valence-electron chi connectivity index (χ0n) is 21.9. The molecule has 0 radical (unpaired) electrons. The van der Waals surface area contributed by atoms with Gasteiger partial charge in [-0.05, 0) is 68.3 Å². The Balaban J connectivity index is 1.61. The van der Waals surface area contributed by atoms with Crippen molar-refractivity contribution in [2.45, 2.75) is 33.6 Å². The maximum atomic E-state index is 13.1. The summed E-state index contributed by atoms with van der Waals surface area (Å²) in [6.07, 6.45) is 1.78. The lowest BCUT2D eigenvalue weighted by Gasteiger charge is -2.22. The molecule has 0 unspecified atom stereocenters. The molecule has 7 heteroatoms. The largest absolute Gasteiger partial charge is 0.376 e. The van der Waals surface area contributed by atoms with Gasteiger partial charge in [-0.25, -0.2) is 0 Å². The molecule has 3 amide bonds. The third-order valence-electron chi connectivity index (χ3n) is 5.86. The van der Waals surface area contributed by atoms with Crippen LogP contribution >= 0.6 is 0 Å². The molecule has 2 N–H and O–H groups in total. The van der Waals surface area contributed by atoms with Gasteiger partial charge >= 0.3 is 0 Å². The van der Waals surface area contributed by atoms with Gasteiger partial charge in [-0.2, -0.15) is 0 Å². The molecule has 7 nitrogen and oxygen atoms in total. The number of nitrogens with one attached hydrogen (secondary N) is 2. The molecule has 0 aliphatic heterocycles. The molecule has 194 valence electrons. The smallest absolute Gasteiger partial charge is 0.258 e. The second-order valence-corrected chi connectivity index (χ2v) is 8.74. The van der Waals surface area contributed by atoms with E-state index in [4.69, 9.17) is 0 Å². The lowest BCUT2D eigenvalue weighted by Crippen LogP contribution is -2.32. The maximum Gasteiger partial charge on any atom is 0.258 e. The Morgan fingerprint density at radius 3 is 1.92 bits per heavy atom. The van der Waals surface area contributed by atoms with Crippen LogP contribution in [0.1, 0.15) is 54.3 Å². The van der Waals surface area contributed by atoms with Crippen LogP contribution in [0.25, 0.3) is 0 Å². The van der Waals surface area contributed by atoms with Crippen molar-refractivity contribution in [3.05, 3.63) is 90.0 Å². The Hall–Kier alpha value is -4.13. The standard InChI is InChI=1S/C30H36N4O3/c1-4-18-33(19-5-2)29(36)23-12-11-15-26(21-23)32-28(35)22-31-25-14-10-13-24(20-25)30(37)34(6-3)27-16-8-7-9-17-27/h7-17,20-21,31H,4-6,18-19,22H2,1-3H3,(H,32,35). The van der Waals surface area contributed by atoms with Crippen molar-refractivity contribution in [2.24, 2.45) is 0 Å². The molecule has 0 aromatic heterocycles. The monoisotopic (exact) mass is 500 g/mol. The van der Waals surface area contributed by atoms with Crippen LogP contribution in [0.3, 0.4) is 0 Å². The number of hydrogen-bond acceptors (Lipinski definition) is 4. The molecule has 0 spiro atoms. The summed E-state index contributed by atoms with van der Waals surface area (Å²) < 4.78 is 0. The highest BCUT2D eigenvalue weighted by molar-refractivity contribution is 6.06. The van der Waals surface area contributed by atoms with Gasteiger partial charge in [0.25, 0.3) is 11.8 Å². The number of anilines is 3. The van der Waals surface area contributed by atoms with Crippen molar-refractivity contribution >= 4 is 34.8 Å². The van der Waals surface area contributed by atoms with Crippen LogP contribution in [0.5, 0.6) is 0 Å². The molecule has 3 rings (SSSR count). The summed E-state index contributed by atoms with van der Waals surface area (Å²) in [5.41, 5.74) is 3.16. The second-order valence-electron chi connectivity index (χ2n) is 8.74. The van der Waals surface area contributed by atoms with E-state index in [2.05, 4.69) is 10.6 Å². The summed E-state index contributed by atoms with van der Waals surface area (Å²) in [5, 5.41) is 5.94. The summed E-state index contributed by atoms with van der Waals surface area (Å²) in [6, 6.07) is 23.7. The van der Waals surface area contributed by atoms with Crippen molar-refractivity contribution in [3.8, 4) is 0 Å². The molecule has 0 aliphatic carbocycles. The number of para-hydroxylation sites is 1. The van der Waals surface area contributed by atoms with Crippen LogP contribution in [0.15, 0.2) is 78.9 Å². The molecule has 0 atom stereocenters. The number of benzene rings is 3. The van der Waals surface area contributed by atoms with Gasteiger partial charge in [-0.3, -0.25) is 14.4 Å². The van der Waals surface area contributed by atoms with Crippen molar-refractivity contribution in [1.82, 2.24) is 4.90 Å². The average Bonchev–Trinajstić information content (AvgIpc) is 2.92. The van der Waals surface area contributed by atoms with E-state index in [1.54, 1.807) is 47.4 Å². The van der Waals surface area contributed by atoms with E-state index in [9.17, 15) is 14.4 Å². The Kier molecular flexibility index (Phi) is 10.3. The molecule has 3 aromatic rings. The fourth-order valence-electron chi connectivity index (χ4n) is 4.12. The fraction of sp³-hybridized carbons (Fsp3) is 0.300. The molecular weight excluding hydrogens is 464 g/mol. The maximum absolute atomic E-state index is 13.1. The first-order valence-electron chi connectivity index (χ1n) is 12.9. The van der Waals surface area contributed by atoms with Crippen molar-refractivity contribution in [3.63, 3.8) is 0 Å². The number of amides is 3. The van der Waals surface area contributed by atoms with Crippen molar-refractivity contribution in [2.75, 3.05) is 41.7 Å². The molecule has 3 aromatic carbocycles. The highest BCUT2D eigenvalue weighted by Gasteiger charge is 2.17. The number of rotatable bonds is 12. The third kappa shape index (κ3) is 7.67. The van der Waals surface area contributed by atoms with E-state index in [1.165, 1.54) is 0 Å². The third-order valence-corrected chi connectivity index (χ3v) is 5.86. The summed E-state index contributed by atoms with van der Waals surface area (Å²) in [7, 11) is 0. The van der Waals surface area contributed by atoms with Gasteiger partial charge in [0.2, 0.25) is 5.91 Å². The quantitative estimate of drug-likeness (QED) is 0.336. The van der Waals surface area contributed by atoms with Gasteiger partial charge in [0.05, 0.1) is 6.54 Å². The van der Waals surface area contributed by atoms with Gasteiger partial charge < -0.3 is 20.4 Å². The van der Waals surface area contributed by atoms with Gasteiger partial charge in [0, 0.05) is 47.8 Å². The second kappa shape index (κ2) is 13.8. The number of carbonyl (C=O) groups excluding carboxylic acids is 3. The predicted molar refractivity (Wildman–Crippen MR) is 150 cm³/mol. The Bertz CT molecular complexity index is 1190. The fourth-order valence-corrected chi connectivity index (χ4v) is 4.12. The van der Waals surface area contributed by atoms with E-state index >= 15 is 0 Å². The first-order valence-corrected chi connectivity index (χ1v) is 12.9. The molecule has 0 bridgehead atoms.